The lowest BCUT2D eigenvalue weighted by Gasteiger charge is -2.17. The molecule has 1 atom stereocenters. The van der Waals surface area contributed by atoms with Crippen molar-refractivity contribution < 1.29 is 19.6 Å². The molecule has 3 rings (SSSR count). The Kier molecular flexibility index (Phi) is 5.25. The van der Waals surface area contributed by atoms with Crippen molar-refractivity contribution in [2.24, 2.45) is 0 Å². The minimum Gasteiger partial charge on any atom is -0.482 e. The second-order valence-electron chi connectivity index (χ2n) is 6.00. The maximum atomic E-state index is 11.8. The first-order valence-corrected chi connectivity index (χ1v) is 8.33. The van der Waals surface area contributed by atoms with Crippen LogP contribution in [0.4, 0.5) is 5.69 Å². The van der Waals surface area contributed by atoms with Crippen LogP contribution in [-0.2, 0) is 9.53 Å². The molecule has 0 fully saturated rings. The Morgan fingerprint density at radius 3 is 2.57 bits per heavy atom. The summed E-state index contributed by atoms with van der Waals surface area (Å²) in [5, 5.41) is 26.9. The fourth-order valence-corrected chi connectivity index (χ4v) is 3.08. The van der Waals surface area contributed by atoms with Crippen molar-refractivity contribution in [3.63, 3.8) is 0 Å². The number of ether oxygens (including phenoxy) is 1. The van der Waals surface area contributed by atoms with Crippen LogP contribution in [0.15, 0.2) is 66.1 Å². The number of carboxylic acid groups (broad SMARTS) is 1. The summed E-state index contributed by atoms with van der Waals surface area (Å²) in [7, 11) is 1.44. The summed E-state index contributed by atoms with van der Waals surface area (Å²) in [4.78, 5) is 26.8. The number of methoxy groups -OCH3 is 1. The van der Waals surface area contributed by atoms with E-state index in [2.05, 4.69) is 15.6 Å². The van der Waals surface area contributed by atoms with E-state index < -0.39 is 22.8 Å². The van der Waals surface area contributed by atoms with E-state index in [1.165, 1.54) is 7.11 Å². The second kappa shape index (κ2) is 7.78. The predicted molar refractivity (Wildman–Crippen MR) is 101 cm³/mol. The van der Waals surface area contributed by atoms with E-state index in [1.54, 1.807) is 55.7 Å². The molecule has 0 saturated heterocycles. The average Bonchev–Trinajstić information content (AvgIpc) is 2.81. The number of benzene rings is 1. The molecule has 9 heteroatoms. The van der Waals surface area contributed by atoms with Crippen LogP contribution in [0.5, 0.6) is 0 Å². The van der Waals surface area contributed by atoms with Gasteiger partial charge in [0.15, 0.2) is 5.88 Å². The molecule has 2 aromatic rings. The summed E-state index contributed by atoms with van der Waals surface area (Å²) in [6.07, 6.45) is 3.18. The van der Waals surface area contributed by atoms with Gasteiger partial charge in [0.05, 0.1) is 18.3 Å². The maximum Gasteiger partial charge on any atom is 0.353 e. The molecule has 1 aromatic heterocycles. The van der Waals surface area contributed by atoms with Crippen LogP contribution in [0, 0.1) is 10.1 Å². The number of aromatic nitrogens is 1. The molecule has 0 bridgehead atoms. The standard InChI is InChI=1S/C19H18N4O5/c1-11-15(18(28-2)21-12-7-9-20-10-8-12)13-5-3-4-6-14(13)16(19(24)25)22-17(11)23(26)27/h3-10,16,22H,1-2H3,(H,20,21)(H,24,25). The van der Waals surface area contributed by atoms with E-state index in [1.807, 2.05) is 0 Å². The molecule has 9 nitrogen and oxygen atoms in total. The third kappa shape index (κ3) is 3.50. The number of allylic oxidation sites excluding steroid dienone is 2. The van der Waals surface area contributed by atoms with E-state index in [0.29, 0.717) is 22.4 Å². The second-order valence-corrected chi connectivity index (χ2v) is 6.00. The minimum absolute atomic E-state index is 0.250. The highest BCUT2D eigenvalue weighted by atomic mass is 16.6. The van der Waals surface area contributed by atoms with Gasteiger partial charge in [-0.3, -0.25) is 10.3 Å². The Morgan fingerprint density at radius 2 is 1.96 bits per heavy atom. The van der Waals surface area contributed by atoms with Gasteiger partial charge in [0.2, 0.25) is 6.04 Å². The monoisotopic (exact) mass is 382 g/mol. The number of fused-ring (bicyclic) bond motifs is 1. The summed E-state index contributed by atoms with van der Waals surface area (Å²) >= 11 is 0. The summed E-state index contributed by atoms with van der Waals surface area (Å²) in [5.74, 6) is -1.37. The lowest BCUT2D eigenvalue weighted by molar-refractivity contribution is -0.433. The number of hydrogen-bond donors (Lipinski definition) is 3. The van der Waals surface area contributed by atoms with Gasteiger partial charge in [-0.1, -0.05) is 24.3 Å². The number of nitrogens with zero attached hydrogens (tertiary/aromatic N) is 2. The van der Waals surface area contributed by atoms with Crippen LogP contribution in [-0.4, -0.2) is 28.1 Å². The van der Waals surface area contributed by atoms with Gasteiger partial charge in [0.25, 0.3) is 0 Å². The van der Waals surface area contributed by atoms with Crippen molar-refractivity contribution in [1.29, 1.82) is 0 Å². The third-order valence-electron chi connectivity index (χ3n) is 4.35. The molecule has 1 unspecified atom stereocenters. The van der Waals surface area contributed by atoms with E-state index in [9.17, 15) is 20.0 Å². The molecular formula is C19H18N4O5. The molecule has 28 heavy (non-hydrogen) atoms. The molecular weight excluding hydrogens is 364 g/mol. The van der Waals surface area contributed by atoms with Crippen LogP contribution in [0.1, 0.15) is 24.1 Å². The number of pyridine rings is 1. The first-order chi connectivity index (χ1) is 13.4. The quantitative estimate of drug-likeness (QED) is 0.409. The number of nitro groups is 1. The Hall–Kier alpha value is -3.88. The zero-order valence-corrected chi connectivity index (χ0v) is 15.2. The van der Waals surface area contributed by atoms with Crippen molar-refractivity contribution in [2.75, 3.05) is 12.4 Å². The van der Waals surface area contributed by atoms with Gasteiger partial charge < -0.3 is 25.3 Å². The molecule has 2 heterocycles. The van der Waals surface area contributed by atoms with Crippen molar-refractivity contribution in [3.05, 3.63) is 87.3 Å². The fourth-order valence-electron chi connectivity index (χ4n) is 3.08. The van der Waals surface area contributed by atoms with Gasteiger partial charge >= 0.3 is 11.8 Å². The highest BCUT2D eigenvalue weighted by molar-refractivity contribution is 5.88. The van der Waals surface area contributed by atoms with E-state index in [4.69, 9.17) is 4.74 Å². The average molecular weight is 382 g/mol. The smallest absolute Gasteiger partial charge is 0.353 e. The van der Waals surface area contributed by atoms with Gasteiger partial charge in [0, 0.05) is 23.6 Å². The van der Waals surface area contributed by atoms with Gasteiger partial charge in [-0.05, 0) is 29.5 Å². The van der Waals surface area contributed by atoms with Crippen LogP contribution in [0.25, 0.3) is 5.57 Å². The summed E-state index contributed by atoms with van der Waals surface area (Å²) in [6, 6.07) is 8.91. The highest BCUT2D eigenvalue weighted by Gasteiger charge is 2.36. The number of nitrogens with one attached hydrogen (secondary N) is 2. The zero-order chi connectivity index (χ0) is 20.3. The van der Waals surface area contributed by atoms with Crippen molar-refractivity contribution in [3.8, 4) is 0 Å². The fraction of sp³-hybridized carbons (Fsp3) is 0.158. The third-order valence-corrected chi connectivity index (χ3v) is 4.35. The Bertz CT molecular complexity index is 985. The van der Waals surface area contributed by atoms with Crippen LogP contribution in [0.2, 0.25) is 0 Å². The number of rotatable bonds is 5. The lowest BCUT2D eigenvalue weighted by atomic mass is 9.93. The molecule has 0 aliphatic carbocycles. The molecule has 0 saturated carbocycles. The Morgan fingerprint density at radius 1 is 1.29 bits per heavy atom. The molecule has 0 amide bonds. The van der Waals surface area contributed by atoms with Crippen LogP contribution >= 0.6 is 0 Å². The molecule has 144 valence electrons. The van der Waals surface area contributed by atoms with Gasteiger partial charge in [-0.15, -0.1) is 0 Å². The Balaban J connectivity index is 2.30. The number of carbonyl (C=O) groups is 1. The van der Waals surface area contributed by atoms with E-state index in [0.717, 1.165) is 0 Å². The lowest BCUT2D eigenvalue weighted by Crippen LogP contribution is -2.30. The largest absolute Gasteiger partial charge is 0.482 e. The van der Waals surface area contributed by atoms with Crippen LogP contribution < -0.4 is 10.6 Å². The molecule has 3 N–H and O–H groups in total. The first kappa shape index (κ1) is 18.9. The predicted octanol–water partition coefficient (Wildman–Crippen LogP) is 2.75. The van der Waals surface area contributed by atoms with Crippen molar-refractivity contribution in [1.82, 2.24) is 10.3 Å². The molecule has 0 radical (unpaired) electrons. The summed E-state index contributed by atoms with van der Waals surface area (Å²) in [5.41, 5.74) is 2.24. The van der Waals surface area contributed by atoms with Crippen molar-refractivity contribution in [2.45, 2.75) is 13.0 Å². The number of anilines is 1. The topological polar surface area (TPSA) is 127 Å². The molecule has 0 spiro atoms. The normalized spacial score (nSPS) is 17.7. The highest BCUT2D eigenvalue weighted by Crippen LogP contribution is 2.37. The number of hydrogen-bond acceptors (Lipinski definition) is 7. The maximum absolute atomic E-state index is 11.8. The SMILES string of the molecule is COC(Nc1ccncc1)=C1C(C)=C([N+](=O)[O-])NC(C(=O)O)c2ccccc21. The van der Waals surface area contributed by atoms with Gasteiger partial charge in [0.1, 0.15) is 0 Å². The Labute approximate surface area is 160 Å². The number of aliphatic carboxylic acids is 1. The molecule has 1 aromatic carbocycles. The zero-order valence-electron chi connectivity index (χ0n) is 15.2. The summed E-state index contributed by atoms with van der Waals surface area (Å²) < 4.78 is 5.52. The summed E-state index contributed by atoms with van der Waals surface area (Å²) in [6.45, 7) is 1.55. The van der Waals surface area contributed by atoms with Gasteiger partial charge in [-0.2, -0.15) is 0 Å². The van der Waals surface area contributed by atoms with Gasteiger partial charge in [-0.25, -0.2) is 4.79 Å². The van der Waals surface area contributed by atoms with Crippen molar-refractivity contribution >= 4 is 17.2 Å². The van der Waals surface area contributed by atoms with E-state index in [-0.39, 0.29) is 11.5 Å². The molecule has 1 aliphatic heterocycles. The first-order valence-electron chi connectivity index (χ1n) is 8.33. The van der Waals surface area contributed by atoms with E-state index >= 15 is 0 Å². The van der Waals surface area contributed by atoms with Crippen LogP contribution in [0.3, 0.4) is 0 Å². The minimum atomic E-state index is -1.27. The molecule has 1 aliphatic rings. The number of carboxylic acids is 1.